The molecule has 2 N–H and O–H groups in total. The second-order valence-corrected chi connectivity index (χ2v) is 6.29. The van der Waals surface area contributed by atoms with Gasteiger partial charge in [-0.05, 0) is 24.1 Å². The molecule has 0 radical (unpaired) electrons. The normalized spacial score (nSPS) is 17.6. The molecule has 0 spiro atoms. The van der Waals surface area contributed by atoms with Crippen molar-refractivity contribution in [2.45, 2.75) is 33.7 Å². The molecule has 2 rings (SSSR count). The molecule has 5 heteroatoms. The van der Waals surface area contributed by atoms with Gasteiger partial charge in [0.1, 0.15) is 4.99 Å². The number of likely N-dealkylation sites (tertiary alicyclic amines) is 1. The molecule has 1 aliphatic rings. The Bertz CT molecular complexity index is 608. The van der Waals surface area contributed by atoms with Crippen LogP contribution in [-0.4, -0.2) is 21.7 Å². The second-order valence-electron chi connectivity index (χ2n) is 5.85. The Kier molecular flexibility index (Phi) is 3.65. The number of nitrogens with two attached hydrogens (primary N) is 1. The third kappa shape index (κ3) is 2.58. The average Bonchev–Trinajstić information content (AvgIpc) is 2.53. The molecule has 1 saturated heterocycles. The lowest BCUT2D eigenvalue weighted by Crippen LogP contribution is -2.32. The van der Waals surface area contributed by atoms with Crippen molar-refractivity contribution in [3.8, 4) is 0 Å². The van der Waals surface area contributed by atoms with Gasteiger partial charge in [-0.1, -0.05) is 38.2 Å². The number of thiocarbonyl (C=S) groups is 1. The van der Waals surface area contributed by atoms with Crippen LogP contribution in [0.3, 0.4) is 0 Å². The van der Waals surface area contributed by atoms with Crippen LogP contribution in [0.1, 0.15) is 37.0 Å². The Balaban J connectivity index is 2.25. The third-order valence-electron chi connectivity index (χ3n) is 3.67. The molecular formula is C15H18N2O2S. The highest BCUT2D eigenvalue weighted by Gasteiger charge is 2.44. The molecule has 106 valence electrons. The van der Waals surface area contributed by atoms with Crippen molar-refractivity contribution in [2.75, 3.05) is 0 Å². The highest BCUT2D eigenvalue weighted by atomic mass is 32.1. The molecule has 0 atom stereocenters. The molecule has 1 fully saturated rings. The zero-order valence-corrected chi connectivity index (χ0v) is 12.7. The minimum absolute atomic E-state index is 0.111. The Labute approximate surface area is 123 Å². The molecular weight excluding hydrogens is 272 g/mol. The summed E-state index contributed by atoms with van der Waals surface area (Å²) in [5, 5.41) is 0. The highest BCUT2D eigenvalue weighted by molar-refractivity contribution is 7.80. The lowest BCUT2D eigenvalue weighted by atomic mass is 9.92. The highest BCUT2D eigenvalue weighted by Crippen LogP contribution is 2.32. The number of aryl methyl sites for hydroxylation is 1. The quantitative estimate of drug-likeness (QED) is 0.682. The van der Waals surface area contributed by atoms with E-state index in [0.717, 1.165) is 16.7 Å². The number of carbonyl (C=O) groups excluding carboxylic acids is 2. The first-order chi connectivity index (χ1) is 9.22. The summed E-state index contributed by atoms with van der Waals surface area (Å²) in [6.45, 7) is 5.84. The third-order valence-corrected chi connectivity index (χ3v) is 3.91. The Hall–Kier alpha value is -1.75. The monoisotopic (exact) mass is 290 g/mol. The van der Waals surface area contributed by atoms with Gasteiger partial charge in [0.25, 0.3) is 0 Å². The van der Waals surface area contributed by atoms with Gasteiger partial charge in [0, 0.05) is 12.0 Å². The van der Waals surface area contributed by atoms with Crippen molar-refractivity contribution in [3.05, 3.63) is 34.9 Å². The van der Waals surface area contributed by atoms with Gasteiger partial charge in [0.2, 0.25) is 11.8 Å². The number of nitrogens with zero attached hydrogens (tertiary/aromatic N) is 1. The van der Waals surface area contributed by atoms with Gasteiger partial charge in [-0.25, -0.2) is 0 Å². The summed E-state index contributed by atoms with van der Waals surface area (Å²) in [6, 6.07) is 5.57. The first kappa shape index (κ1) is 14.7. The van der Waals surface area contributed by atoms with Crippen molar-refractivity contribution >= 4 is 29.0 Å². The van der Waals surface area contributed by atoms with Gasteiger partial charge in [0.05, 0.1) is 12.0 Å². The number of benzene rings is 1. The van der Waals surface area contributed by atoms with Crippen LogP contribution in [-0.2, 0) is 16.1 Å². The van der Waals surface area contributed by atoms with E-state index in [2.05, 4.69) is 0 Å². The summed E-state index contributed by atoms with van der Waals surface area (Å²) in [4.78, 5) is 25.8. The maximum Gasteiger partial charge on any atom is 0.235 e. The molecule has 0 bridgehead atoms. The standard InChI is InChI=1S/C15H18N2O2S/c1-9-6-10(13(16)20)4-5-11(9)8-17-12(18)7-15(2,3)14(17)19/h4-6H,7-8H2,1-3H3,(H2,16,20). The van der Waals surface area contributed by atoms with Gasteiger partial charge >= 0.3 is 0 Å². The van der Waals surface area contributed by atoms with Crippen LogP contribution in [0.5, 0.6) is 0 Å². The Morgan fingerprint density at radius 1 is 1.40 bits per heavy atom. The van der Waals surface area contributed by atoms with E-state index < -0.39 is 5.41 Å². The van der Waals surface area contributed by atoms with E-state index in [4.69, 9.17) is 18.0 Å². The maximum atomic E-state index is 12.2. The van der Waals surface area contributed by atoms with Crippen molar-refractivity contribution in [1.82, 2.24) is 4.90 Å². The number of amides is 2. The van der Waals surface area contributed by atoms with E-state index in [0.29, 0.717) is 11.5 Å². The SMILES string of the molecule is Cc1cc(C(N)=S)ccc1CN1C(=O)CC(C)(C)C1=O. The predicted octanol–water partition coefficient (Wildman–Crippen LogP) is 1.91. The first-order valence-corrected chi connectivity index (χ1v) is 6.87. The fraction of sp³-hybridized carbons (Fsp3) is 0.400. The number of hydrogen-bond acceptors (Lipinski definition) is 3. The lowest BCUT2D eigenvalue weighted by molar-refractivity contribution is -0.141. The van der Waals surface area contributed by atoms with Crippen molar-refractivity contribution in [2.24, 2.45) is 11.1 Å². The van der Waals surface area contributed by atoms with Crippen LogP contribution in [0, 0.1) is 12.3 Å². The molecule has 20 heavy (non-hydrogen) atoms. The molecule has 0 aliphatic carbocycles. The smallest absolute Gasteiger partial charge is 0.235 e. The molecule has 4 nitrogen and oxygen atoms in total. The second kappa shape index (κ2) is 4.98. The Morgan fingerprint density at radius 2 is 2.05 bits per heavy atom. The average molecular weight is 290 g/mol. The Morgan fingerprint density at radius 3 is 2.50 bits per heavy atom. The lowest BCUT2D eigenvalue weighted by Gasteiger charge is -2.19. The molecule has 1 aromatic rings. The first-order valence-electron chi connectivity index (χ1n) is 6.46. The summed E-state index contributed by atoms with van der Waals surface area (Å²) in [7, 11) is 0. The molecule has 0 aromatic heterocycles. The van der Waals surface area contributed by atoms with E-state index in [1.54, 1.807) is 13.8 Å². The van der Waals surface area contributed by atoms with E-state index in [-0.39, 0.29) is 18.2 Å². The van der Waals surface area contributed by atoms with Crippen LogP contribution < -0.4 is 5.73 Å². The summed E-state index contributed by atoms with van der Waals surface area (Å²) in [5.41, 5.74) is 7.69. The van der Waals surface area contributed by atoms with Crippen LogP contribution >= 0.6 is 12.2 Å². The van der Waals surface area contributed by atoms with Crippen molar-refractivity contribution in [3.63, 3.8) is 0 Å². The van der Waals surface area contributed by atoms with Gasteiger partial charge in [-0.15, -0.1) is 0 Å². The molecule has 1 aromatic carbocycles. The molecule has 1 heterocycles. The van der Waals surface area contributed by atoms with Crippen LogP contribution in [0.25, 0.3) is 0 Å². The minimum atomic E-state index is -0.593. The summed E-state index contributed by atoms with van der Waals surface area (Å²) < 4.78 is 0. The van der Waals surface area contributed by atoms with Gasteiger partial charge in [-0.3, -0.25) is 14.5 Å². The van der Waals surface area contributed by atoms with Gasteiger partial charge in [-0.2, -0.15) is 0 Å². The summed E-state index contributed by atoms with van der Waals surface area (Å²) >= 11 is 4.94. The van der Waals surface area contributed by atoms with E-state index in [9.17, 15) is 9.59 Å². The van der Waals surface area contributed by atoms with Crippen LogP contribution in [0.4, 0.5) is 0 Å². The fourth-order valence-electron chi connectivity index (χ4n) is 2.38. The minimum Gasteiger partial charge on any atom is -0.389 e. The predicted molar refractivity (Wildman–Crippen MR) is 81.0 cm³/mol. The number of imide groups is 1. The van der Waals surface area contributed by atoms with Crippen LogP contribution in [0.15, 0.2) is 18.2 Å². The molecule has 0 saturated carbocycles. The molecule has 0 unspecified atom stereocenters. The number of rotatable bonds is 3. The topological polar surface area (TPSA) is 63.4 Å². The van der Waals surface area contributed by atoms with E-state index in [1.165, 1.54) is 4.90 Å². The van der Waals surface area contributed by atoms with E-state index in [1.807, 2.05) is 25.1 Å². The molecule has 1 aliphatic heterocycles. The van der Waals surface area contributed by atoms with Gasteiger partial charge in [0.15, 0.2) is 0 Å². The van der Waals surface area contributed by atoms with Crippen LogP contribution in [0.2, 0.25) is 0 Å². The number of hydrogen-bond donors (Lipinski definition) is 1. The zero-order valence-electron chi connectivity index (χ0n) is 11.9. The number of carbonyl (C=O) groups is 2. The maximum absolute atomic E-state index is 12.2. The largest absolute Gasteiger partial charge is 0.389 e. The van der Waals surface area contributed by atoms with Gasteiger partial charge < -0.3 is 5.73 Å². The zero-order chi connectivity index (χ0) is 15.1. The summed E-state index contributed by atoms with van der Waals surface area (Å²) in [5.74, 6) is -0.224. The van der Waals surface area contributed by atoms with Crippen molar-refractivity contribution in [1.29, 1.82) is 0 Å². The van der Waals surface area contributed by atoms with E-state index >= 15 is 0 Å². The van der Waals surface area contributed by atoms with Crippen molar-refractivity contribution < 1.29 is 9.59 Å². The molecule has 2 amide bonds. The fourth-order valence-corrected chi connectivity index (χ4v) is 2.51. The summed E-state index contributed by atoms with van der Waals surface area (Å²) in [6.07, 6.45) is 0.274.